The van der Waals surface area contributed by atoms with Crippen LogP contribution < -0.4 is 4.72 Å². The Balaban J connectivity index is 1.48. The van der Waals surface area contributed by atoms with Gasteiger partial charge in [-0.3, -0.25) is 14.1 Å². The second-order valence-electron chi connectivity index (χ2n) is 6.84. The molecule has 1 aliphatic rings. The minimum atomic E-state index is -3.83. The van der Waals surface area contributed by atoms with Gasteiger partial charge in [-0.2, -0.15) is 15.3 Å². The fourth-order valence-electron chi connectivity index (χ4n) is 3.51. The van der Waals surface area contributed by atoms with Crippen LogP contribution in [0.2, 0.25) is 0 Å². The Labute approximate surface area is 166 Å². The fourth-order valence-corrected chi connectivity index (χ4v) is 4.51. The first kappa shape index (κ1) is 17.9. The summed E-state index contributed by atoms with van der Waals surface area (Å²) in [6.07, 6.45) is 7.06. The number of aryl methyl sites for hydroxylation is 2. The summed E-state index contributed by atoms with van der Waals surface area (Å²) >= 11 is 0. The van der Waals surface area contributed by atoms with Gasteiger partial charge in [-0.1, -0.05) is 12.1 Å². The van der Waals surface area contributed by atoms with Gasteiger partial charge in [-0.25, -0.2) is 13.1 Å². The molecule has 1 aliphatic heterocycles. The number of para-hydroxylation sites is 1. The minimum absolute atomic E-state index is 0.0613. The quantitative estimate of drug-likeness (QED) is 0.545. The summed E-state index contributed by atoms with van der Waals surface area (Å²) in [5.74, 6) is 0. The van der Waals surface area contributed by atoms with Crippen LogP contribution in [0.5, 0.6) is 0 Å². The highest BCUT2D eigenvalue weighted by atomic mass is 32.2. The molecule has 29 heavy (non-hydrogen) atoms. The summed E-state index contributed by atoms with van der Waals surface area (Å²) in [5.41, 5.74) is 2.76. The van der Waals surface area contributed by atoms with E-state index in [1.54, 1.807) is 36.3 Å². The Morgan fingerprint density at radius 1 is 1.14 bits per heavy atom. The van der Waals surface area contributed by atoms with Gasteiger partial charge in [0.2, 0.25) is 0 Å². The van der Waals surface area contributed by atoms with Crippen LogP contribution >= 0.6 is 0 Å². The monoisotopic (exact) mass is 413 g/mol. The number of benzene rings is 1. The van der Waals surface area contributed by atoms with E-state index >= 15 is 0 Å². The lowest BCUT2D eigenvalue weighted by molar-refractivity contribution is 0.124. The first-order valence-electron chi connectivity index (χ1n) is 9.14. The van der Waals surface area contributed by atoms with Gasteiger partial charge in [0.1, 0.15) is 10.6 Å². The van der Waals surface area contributed by atoms with E-state index in [0.717, 1.165) is 24.0 Å². The number of aromatic nitrogens is 6. The maximum absolute atomic E-state index is 13.0. The summed E-state index contributed by atoms with van der Waals surface area (Å²) < 4.78 is 39.2. The summed E-state index contributed by atoms with van der Waals surface area (Å²) in [4.78, 5) is 0.0613. The van der Waals surface area contributed by atoms with E-state index in [0.29, 0.717) is 30.1 Å². The van der Waals surface area contributed by atoms with Crippen molar-refractivity contribution in [3.05, 3.63) is 48.7 Å². The van der Waals surface area contributed by atoms with Gasteiger partial charge < -0.3 is 4.74 Å². The van der Waals surface area contributed by atoms with Gasteiger partial charge in [0, 0.05) is 25.6 Å². The molecule has 10 nitrogen and oxygen atoms in total. The second kappa shape index (κ2) is 6.71. The van der Waals surface area contributed by atoms with Gasteiger partial charge in [-0.05, 0) is 12.5 Å². The van der Waals surface area contributed by atoms with E-state index in [2.05, 4.69) is 20.0 Å². The molecule has 1 N–H and O–H groups in total. The zero-order chi connectivity index (χ0) is 20.0. The lowest BCUT2D eigenvalue weighted by Crippen LogP contribution is -2.13. The Bertz CT molecular complexity index is 1300. The minimum Gasteiger partial charge on any atom is -0.375 e. The van der Waals surface area contributed by atoms with Crippen LogP contribution in [-0.4, -0.2) is 44.4 Å². The fraction of sp³-hybridized carbons (Fsp3) is 0.278. The average Bonchev–Trinajstić information content (AvgIpc) is 3.38. The molecule has 0 radical (unpaired) electrons. The largest absolute Gasteiger partial charge is 0.375 e. The Hall–Kier alpha value is -3.18. The second-order valence-corrected chi connectivity index (χ2v) is 8.53. The highest BCUT2D eigenvalue weighted by Crippen LogP contribution is 2.26. The lowest BCUT2D eigenvalue weighted by atomic mass is 10.2. The molecule has 0 saturated heterocycles. The van der Waals surface area contributed by atoms with Crippen molar-refractivity contribution in [1.29, 1.82) is 0 Å². The van der Waals surface area contributed by atoms with E-state index in [-0.39, 0.29) is 4.90 Å². The van der Waals surface area contributed by atoms with Crippen LogP contribution in [0.3, 0.4) is 0 Å². The molecular weight excluding hydrogens is 394 g/mol. The smallest absolute Gasteiger partial charge is 0.265 e. The van der Waals surface area contributed by atoms with Crippen LogP contribution in [0.25, 0.3) is 16.6 Å². The maximum Gasteiger partial charge on any atom is 0.265 e. The topological polar surface area (TPSA) is 109 Å². The van der Waals surface area contributed by atoms with Crippen molar-refractivity contribution >= 4 is 26.6 Å². The lowest BCUT2D eigenvalue weighted by Gasteiger charge is -2.08. The molecule has 0 spiro atoms. The summed E-state index contributed by atoms with van der Waals surface area (Å²) in [7, 11) is -2.06. The third-order valence-corrected chi connectivity index (χ3v) is 6.27. The van der Waals surface area contributed by atoms with E-state index < -0.39 is 10.0 Å². The molecule has 3 aromatic heterocycles. The molecule has 0 aliphatic carbocycles. The van der Waals surface area contributed by atoms with Gasteiger partial charge in [0.05, 0.1) is 48.3 Å². The number of sulfonamides is 1. The molecule has 11 heteroatoms. The van der Waals surface area contributed by atoms with Gasteiger partial charge in [-0.15, -0.1) is 0 Å². The molecule has 0 atom stereocenters. The van der Waals surface area contributed by atoms with E-state index in [9.17, 15) is 8.42 Å². The SMILES string of the molecule is Cn1ncc2cccc(NS(=O)(=O)c3cnn(-c4cnn5c4COCCC5)c3)c21. The van der Waals surface area contributed by atoms with E-state index in [1.165, 1.54) is 17.1 Å². The number of nitrogens with one attached hydrogen (secondary N) is 1. The van der Waals surface area contributed by atoms with Crippen LogP contribution in [-0.2, 0) is 35.0 Å². The van der Waals surface area contributed by atoms with Crippen molar-refractivity contribution in [1.82, 2.24) is 29.3 Å². The summed E-state index contributed by atoms with van der Waals surface area (Å²) in [6.45, 7) is 1.85. The molecule has 1 aromatic carbocycles. The molecule has 0 bridgehead atoms. The first-order chi connectivity index (χ1) is 14.0. The van der Waals surface area contributed by atoms with Crippen molar-refractivity contribution in [2.75, 3.05) is 11.3 Å². The number of hydrogen-bond acceptors (Lipinski definition) is 6. The highest BCUT2D eigenvalue weighted by Gasteiger charge is 2.21. The predicted molar refractivity (Wildman–Crippen MR) is 105 cm³/mol. The Kier molecular flexibility index (Phi) is 4.14. The van der Waals surface area contributed by atoms with Crippen LogP contribution in [0.1, 0.15) is 12.1 Å². The third kappa shape index (κ3) is 3.08. The standard InChI is InChI=1S/C18H19N7O3S/c1-23-18-13(8-19-23)4-2-5-15(18)22-29(26,27)14-9-20-25(11-14)16-10-21-24-6-3-7-28-12-17(16)24/h2,4-5,8-11,22H,3,6-7,12H2,1H3. The number of rotatable bonds is 4. The van der Waals surface area contributed by atoms with Crippen molar-refractivity contribution in [2.24, 2.45) is 7.05 Å². The molecule has 0 amide bonds. The average molecular weight is 413 g/mol. The van der Waals surface area contributed by atoms with E-state index in [4.69, 9.17) is 4.74 Å². The highest BCUT2D eigenvalue weighted by molar-refractivity contribution is 7.92. The van der Waals surface area contributed by atoms with Crippen molar-refractivity contribution in [3.8, 4) is 5.69 Å². The van der Waals surface area contributed by atoms with Crippen molar-refractivity contribution in [2.45, 2.75) is 24.5 Å². The zero-order valence-corrected chi connectivity index (χ0v) is 16.5. The molecule has 0 saturated carbocycles. The van der Waals surface area contributed by atoms with Crippen LogP contribution in [0.15, 0.2) is 47.9 Å². The van der Waals surface area contributed by atoms with Crippen LogP contribution in [0, 0.1) is 0 Å². The van der Waals surface area contributed by atoms with Gasteiger partial charge in [0.15, 0.2) is 0 Å². The summed E-state index contributed by atoms with van der Waals surface area (Å²) in [5, 5.41) is 13.7. The van der Waals surface area contributed by atoms with Crippen LogP contribution in [0.4, 0.5) is 5.69 Å². The molecule has 5 rings (SSSR count). The predicted octanol–water partition coefficient (Wildman–Crippen LogP) is 1.68. The summed E-state index contributed by atoms with van der Waals surface area (Å²) in [6, 6.07) is 5.38. The number of hydrogen-bond donors (Lipinski definition) is 1. The van der Waals surface area contributed by atoms with Crippen molar-refractivity contribution < 1.29 is 13.2 Å². The molecule has 0 fully saturated rings. The number of ether oxygens (including phenoxy) is 1. The first-order valence-corrected chi connectivity index (χ1v) is 10.6. The molecule has 4 aromatic rings. The molecule has 4 heterocycles. The number of anilines is 1. The van der Waals surface area contributed by atoms with Gasteiger partial charge >= 0.3 is 0 Å². The molecule has 0 unspecified atom stereocenters. The normalized spacial score (nSPS) is 14.7. The number of nitrogens with zero attached hydrogens (tertiary/aromatic N) is 6. The number of fused-ring (bicyclic) bond motifs is 2. The van der Waals surface area contributed by atoms with Crippen molar-refractivity contribution in [3.63, 3.8) is 0 Å². The third-order valence-electron chi connectivity index (χ3n) is 4.95. The molecule has 150 valence electrons. The van der Waals surface area contributed by atoms with E-state index in [1.807, 2.05) is 10.7 Å². The Morgan fingerprint density at radius 2 is 2.03 bits per heavy atom. The molecular formula is C18H19N7O3S. The Morgan fingerprint density at radius 3 is 2.93 bits per heavy atom. The zero-order valence-electron chi connectivity index (χ0n) is 15.7. The maximum atomic E-state index is 13.0. The van der Waals surface area contributed by atoms with Gasteiger partial charge in [0.25, 0.3) is 10.0 Å².